The normalized spacial score (nSPS) is 16.6. The molecule has 0 saturated carbocycles. The second-order valence-corrected chi connectivity index (χ2v) is 7.32. The average molecular weight is 392 g/mol. The lowest BCUT2D eigenvalue weighted by Gasteiger charge is -2.31. The van der Waals surface area contributed by atoms with Gasteiger partial charge in [0.05, 0.1) is 13.0 Å². The Morgan fingerprint density at radius 2 is 1.97 bits per heavy atom. The highest BCUT2D eigenvalue weighted by molar-refractivity contribution is 5.98. The highest BCUT2D eigenvalue weighted by Gasteiger charge is 2.30. The van der Waals surface area contributed by atoms with Gasteiger partial charge in [-0.05, 0) is 36.6 Å². The fourth-order valence-corrected chi connectivity index (χ4v) is 3.74. The Morgan fingerprint density at radius 1 is 1.14 bits per heavy atom. The van der Waals surface area contributed by atoms with Gasteiger partial charge in [-0.1, -0.05) is 30.3 Å². The number of piperidine rings is 1. The maximum absolute atomic E-state index is 12.9. The number of likely N-dealkylation sites (tertiary alicyclic amines) is 1. The third-order valence-corrected chi connectivity index (χ3v) is 5.32. The summed E-state index contributed by atoms with van der Waals surface area (Å²) in [7, 11) is 1.39. The number of hydrogen-bond acceptors (Lipinski definition) is 4. The van der Waals surface area contributed by atoms with E-state index in [1.54, 1.807) is 4.90 Å². The average Bonchev–Trinajstić information content (AvgIpc) is 3.21. The Morgan fingerprint density at radius 3 is 2.76 bits per heavy atom. The number of nitrogens with one attached hydrogen (secondary N) is 1. The number of hydrogen-bond donors (Lipinski definition) is 1. The second kappa shape index (κ2) is 8.39. The maximum atomic E-state index is 12.9. The number of carbonyl (C=O) groups excluding carboxylic acids is 2. The number of ether oxygens (including phenoxy) is 2. The summed E-state index contributed by atoms with van der Waals surface area (Å²) in [5.74, 6) is 0.145. The lowest BCUT2D eigenvalue weighted by Crippen LogP contribution is -2.42. The minimum Gasteiger partial charge on any atom is -0.489 e. The van der Waals surface area contributed by atoms with Crippen molar-refractivity contribution in [2.45, 2.75) is 19.4 Å². The quantitative estimate of drug-likeness (QED) is 0.671. The first-order valence-electron chi connectivity index (χ1n) is 9.80. The van der Waals surface area contributed by atoms with Crippen LogP contribution in [0.5, 0.6) is 5.75 Å². The number of H-pyrrole nitrogens is 1. The fraction of sp³-hybridized carbons (Fsp3) is 0.304. The zero-order valence-corrected chi connectivity index (χ0v) is 16.4. The summed E-state index contributed by atoms with van der Waals surface area (Å²) < 4.78 is 10.7. The van der Waals surface area contributed by atoms with Crippen LogP contribution in [0.25, 0.3) is 10.9 Å². The summed E-state index contributed by atoms with van der Waals surface area (Å²) >= 11 is 0. The lowest BCUT2D eigenvalue weighted by molar-refractivity contribution is -0.146. The number of amides is 1. The van der Waals surface area contributed by atoms with E-state index in [2.05, 4.69) is 4.98 Å². The van der Waals surface area contributed by atoms with Crippen LogP contribution in [0.4, 0.5) is 0 Å². The third kappa shape index (κ3) is 4.26. The van der Waals surface area contributed by atoms with E-state index in [1.165, 1.54) is 7.11 Å². The Labute approximate surface area is 169 Å². The van der Waals surface area contributed by atoms with E-state index in [1.807, 2.05) is 54.6 Å². The number of esters is 1. The molecular weight excluding hydrogens is 368 g/mol. The van der Waals surface area contributed by atoms with E-state index < -0.39 is 0 Å². The predicted octanol–water partition coefficient (Wildman–Crippen LogP) is 3.77. The van der Waals surface area contributed by atoms with Gasteiger partial charge >= 0.3 is 5.97 Å². The molecule has 1 atom stereocenters. The van der Waals surface area contributed by atoms with Crippen LogP contribution in [0.2, 0.25) is 0 Å². The smallest absolute Gasteiger partial charge is 0.310 e. The molecule has 6 nitrogen and oxygen atoms in total. The second-order valence-electron chi connectivity index (χ2n) is 7.32. The molecule has 0 bridgehead atoms. The van der Waals surface area contributed by atoms with Crippen LogP contribution in [-0.4, -0.2) is 42.0 Å². The number of benzene rings is 2. The summed E-state index contributed by atoms with van der Waals surface area (Å²) in [5.41, 5.74) is 2.46. The standard InChI is InChI=1S/C23H24N2O4/c1-28-23(27)18-8-5-11-25(14-18)22(26)21-12-17-9-10-19(13-20(17)24-21)29-15-16-6-3-2-4-7-16/h2-4,6-7,9-10,12-13,18,24H,5,8,11,14-15H2,1H3. The molecule has 1 fully saturated rings. The molecule has 3 aromatic rings. The molecule has 0 spiro atoms. The minimum atomic E-state index is -0.251. The topological polar surface area (TPSA) is 71.6 Å². The van der Waals surface area contributed by atoms with Crippen LogP contribution < -0.4 is 4.74 Å². The lowest BCUT2D eigenvalue weighted by atomic mass is 9.98. The number of aromatic nitrogens is 1. The molecular formula is C23H24N2O4. The number of methoxy groups -OCH3 is 1. The highest BCUT2D eigenvalue weighted by atomic mass is 16.5. The largest absolute Gasteiger partial charge is 0.489 e. The van der Waals surface area contributed by atoms with Crippen LogP contribution in [0.3, 0.4) is 0 Å². The number of nitrogens with zero attached hydrogens (tertiary/aromatic N) is 1. The van der Waals surface area contributed by atoms with E-state index in [9.17, 15) is 9.59 Å². The van der Waals surface area contributed by atoms with Gasteiger partial charge in [0.15, 0.2) is 0 Å². The number of carbonyl (C=O) groups is 2. The Hall–Kier alpha value is -3.28. The van der Waals surface area contributed by atoms with Crippen molar-refractivity contribution in [1.82, 2.24) is 9.88 Å². The zero-order valence-electron chi connectivity index (χ0n) is 16.4. The van der Waals surface area contributed by atoms with Gasteiger partial charge in [-0.2, -0.15) is 0 Å². The van der Waals surface area contributed by atoms with Crippen molar-refractivity contribution in [2.24, 2.45) is 5.92 Å². The van der Waals surface area contributed by atoms with Crippen LogP contribution >= 0.6 is 0 Å². The van der Waals surface area contributed by atoms with E-state index in [-0.39, 0.29) is 17.8 Å². The Bertz CT molecular complexity index is 1010. The summed E-state index contributed by atoms with van der Waals surface area (Å²) in [6.07, 6.45) is 1.55. The molecule has 1 N–H and O–H groups in total. The first-order valence-corrected chi connectivity index (χ1v) is 9.80. The molecule has 1 aromatic heterocycles. The molecule has 29 heavy (non-hydrogen) atoms. The Balaban J connectivity index is 1.47. The van der Waals surface area contributed by atoms with Crippen molar-refractivity contribution in [2.75, 3.05) is 20.2 Å². The molecule has 1 saturated heterocycles. The van der Waals surface area contributed by atoms with Crippen molar-refractivity contribution in [3.8, 4) is 5.75 Å². The fourth-order valence-electron chi connectivity index (χ4n) is 3.74. The monoisotopic (exact) mass is 392 g/mol. The highest BCUT2D eigenvalue weighted by Crippen LogP contribution is 2.25. The molecule has 6 heteroatoms. The van der Waals surface area contributed by atoms with E-state index in [0.717, 1.165) is 35.1 Å². The van der Waals surface area contributed by atoms with Gasteiger partial charge in [-0.25, -0.2) is 0 Å². The first-order chi connectivity index (χ1) is 14.1. The first kappa shape index (κ1) is 19.1. The summed E-state index contributed by atoms with van der Waals surface area (Å²) in [6.45, 7) is 1.53. The van der Waals surface area contributed by atoms with Crippen molar-refractivity contribution < 1.29 is 19.1 Å². The number of rotatable bonds is 5. The zero-order chi connectivity index (χ0) is 20.2. The summed E-state index contributed by atoms with van der Waals surface area (Å²) in [5, 5.41) is 0.946. The van der Waals surface area contributed by atoms with Crippen molar-refractivity contribution in [3.63, 3.8) is 0 Å². The van der Waals surface area contributed by atoms with E-state index in [0.29, 0.717) is 25.4 Å². The van der Waals surface area contributed by atoms with Gasteiger partial charge in [0.25, 0.3) is 5.91 Å². The number of fused-ring (bicyclic) bond motifs is 1. The molecule has 1 unspecified atom stereocenters. The van der Waals surface area contributed by atoms with Gasteiger partial charge in [0.1, 0.15) is 18.1 Å². The van der Waals surface area contributed by atoms with Gasteiger partial charge in [0, 0.05) is 30.1 Å². The van der Waals surface area contributed by atoms with Crippen LogP contribution in [0.1, 0.15) is 28.9 Å². The van der Waals surface area contributed by atoms with Crippen LogP contribution in [0.15, 0.2) is 54.6 Å². The van der Waals surface area contributed by atoms with Crippen molar-refractivity contribution in [1.29, 1.82) is 0 Å². The molecule has 1 aliphatic heterocycles. The summed E-state index contributed by atoms with van der Waals surface area (Å²) in [4.78, 5) is 29.7. The van der Waals surface area contributed by atoms with Crippen molar-refractivity contribution in [3.05, 3.63) is 65.9 Å². The molecule has 2 aromatic carbocycles. The van der Waals surface area contributed by atoms with E-state index in [4.69, 9.17) is 9.47 Å². The Kier molecular flexibility index (Phi) is 5.51. The maximum Gasteiger partial charge on any atom is 0.310 e. The molecule has 1 amide bonds. The van der Waals surface area contributed by atoms with Gasteiger partial charge in [-0.15, -0.1) is 0 Å². The van der Waals surface area contributed by atoms with Crippen molar-refractivity contribution >= 4 is 22.8 Å². The van der Waals surface area contributed by atoms with Crippen LogP contribution in [0, 0.1) is 5.92 Å². The van der Waals surface area contributed by atoms with Gasteiger partial charge in [-0.3, -0.25) is 9.59 Å². The van der Waals surface area contributed by atoms with Gasteiger partial charge < -0.3 is 19.4 Å². The third-order valence-electron chi connectivity index (χ3n) is 5.32. The molecule has 1 aliphatic rings. The number of aromatic amines is 1. The predicted molar refractivity (Wildman–Crippen MR) is 110 cm³/mol. The minimum absolute atomic E-state index is 0.0958. The molecule has 2 heterocycles. The molecule has 0 radical (unpaired) electrons. The summed E-state index contributed by atoms with van der Waals surface area (Å²) in [6, 6.07) is 17.6. The van der Waals surface area contributed by atoms with Crippen LogP contribution in [-0.2, 0) is 16.1 Å². The molecule has 150 valence electrons. The van der Waals surface area contributed by atoms with E-state index >= 15 is 0 Å². The SMILES string of the molecule is COC(=O)C1CCCN(C(=O)c2cc3ccc(OCc4ccccc4)cc3[nH]2)C1. The van der Waals surface area contributed by atoms with Gasteiger partial charge in [0.2, 0.25) is 0 Å². The molecule has 0 aliphatic carbocycles. The molecule has 4 rings (SSSR count).